The van der Waals surface area contributed by atoms with Crippen molar-refractivity contribution in [3.8, 4) is 5.75 Å². The summed E-state index contributed by atoms with van der Waals surface area (Å²) in [5.41, 5.74) is 3.41. The highest BCUT2D eigenvalue weighted by Gasteiger charge is 2.17. The Morgan fingerprint density at radius 3 is 2.67 bits per heavy atom. The van der Waals surface area contributed by atoms with Gasteiger partial charge >= 0.3 is 5.97 Å². The fourth-order valence-electron chi connectivity index (χ4n) is 2.09. The van der Waals surface area contributed by atoms with Gasteiger partial charge in [0, 0.05) is 10.9 Å². The van der Waals surface area contributed by atoms with Crippen molar-refractivity contribution in [1.29, 1.82) is 0 Å². The number of benzene rings is 1. The summed E-state index contributed by atoms with van der Waals surface area (Å²) in [6, 6.07) is 3.87. The molecule has 0 amide bonds. The van der Waals surface area contributed by atoms with E-state index in [9.17, 15) is 4.79 Å². The maximum Gasteiger partial charge on any atom is 0.355 e. The Balaban J connectivity index is 2.62. The van der Waals surface area contributed by atoms with Gasteiger partial charge in [-0.25, -0.2) is 4.79 Å². The fourth-order valence-corrected chi connectivity index (χ4v) is 2.09. The molecule has 18 heavy (non-hydrogen) atoms. The van der Waals surface area contributed by atoms with Crippen molar-refractivity contribution in [3.63, 3.8) is 0 Å². The number of carbonyl (C=O) groups excluding carboxylic acids is 1. The number of hydrogen-bond donors (Lipinski definition) is 1. The van der Waals surface area contributed by atoms with Crippen molar-refractivity contribution in [1.82, 2.24) is 4.98 Å². The number of ether oxygens (including phenoxy) is 2. The van der Waals surface area contributed by atoms with E-state index in [0.717, 1.165) is 27.8 Å². The Morgan fingerprint density at radius 1 is 1.33 bits per heavy atom. The lowest BCUT2D eigenvalue weighted by atomic mass is 10.1. The van der Waals surface area contributed by atoms with Crippen LogP contribution < -0.4 is 4.74 Å². The number of aromatic amines is 1. The minimum atomic E-state index is -0.315. The Labute approximate surface area is 106 Å². The van der Waals surface area contributed by atoms with Crippen LogP contribution in [0.25, 0.3) is 10.9 Å². The lowest BCUT2D eigenvalue weighted by Crippen LogP contribution is -2.06. The lowest BCUT2D eigenvalue weighted by Gasteiger charge is -2.02. The van der Waals surface area contributed by atoms with Crippen LogP contribution in [0.4, 0.5) is 0 Å². The molecule has 0 saturated heterocycles. The van der Waals surface area contributed by atoms with E-state index in [1.165, 1.54) is 0 Å². The van der Waals surface area contributed by atoms with Gasteiger partial charge in [0.2, 0.25) is 0 Å². The van der Waals surface area contributed by atoms with Gasteiger partial charge in [-0.15, -0.1) is 0 Å². The Morgan fingerprint density at radius 2 is 2.06 bits per heavy atom. The van der Waals surface area contributed by atoms with Crippen molar-refractivity contribution in [3.05, 3.63) is 29.0 Å². The fraction of sp³-hybridized carbons (Fsp3) is 0.357. The van der Waals surface area contributed by atoms with Gasteiger partial charge in [0.05, 0.1) is 13.7 Å². The first-order valence-corrected chi connectivity index (χ1v) is 5.92. The molecule has 0 fully saturated rings. The highest BCUT2D eigenvalue weighted by Crippen LogP contribution is 2.29. The zero-order valence-corrected chi connectivity index (χ0v) is 11.1. The molecule has 4 nitrogen and oxygen atoms in total. The molecule has 0 aliphatic rings. The van der Waals surface area contributed by atoms with Crippen LogP contribution in [0.15, 0.2) is 12.1 Å². The maximum absolute atomic E-state index is 11.8. The molecule has 0 bridgehead atoms. The van der Waals surface area contributed by atoms with E-state index in [-0.39, 0.29) is 5.97 Å². The topological polar surface area (TPSA) is 51.3 Å². The predicted octanol–water partition coefficient (Wildman–Crippen LogP) is 2.97. The molecule has 4 heteroatoms. The Bertz CT molecular complexity index is 599. The Kier molecular flexibility index (Phi) is 3.28. The second-order valence-corrected chi connectivity index (χ2v) is 4.21. The molecule has 0 atom stereocenters. The van der Waals surface area contributed by atoms with E-state index < -0.39 is 0 Å². The first kappa shape index (κ1) is 12.5. The molecular weight excluding hydrogens is 230 g/mol. The number of H-pyrrole nitrogens is 1. The normalized spacial score (nSPS) is 10.7. The highest BCUT2D eigenvalue weighted by molar-refractivity contribution is 5.99. The van der Waals surface area contributed by atoms with Crippen molar-refractivity contribution < 1.29 is 14.3 Å². The van der Waals surface area contributed by atoms with E-state index in [4.69, 9.17) is 9.47 Å². The largest absolute Gasteiger partial charge is 0.497 e. The molecule has 0 unspecified atom stereocenters. The maximum atomic E-state index is 11.8. The molecule has 1 aromatic heterocycles. The summed E-state index contributed by atoms with van der Waals surface area (Å²) in [5.74, 6) is 0.474. The monoisotopic (exact) mass is 247 g/mol. The molecule has 2 aromatic rings. The number of aryl methyl sites for hydroxylation is 2. The van der Waals surface area contributed by atoms with Crippen molar-refractivity contribution in [2.24, 2.45) is 0 Å². The summed E-state index contributed by atoms with van der Waals surface area (Å²) in [5, 5.41) is 0.995. The highest BCUT2D eigenvalue weighted by atomic mass is 16.5. The lowest BCUT2D eigenvalue weighted by molar-refractivity contribution is 0.0520. The average Bonchev–Trinajstić information content (AvgIpc) is 2.68. The molecule has 0 spiro atoms. The third-order valence-corrected chi connectivity index (χ3v) is 3.05. The summed E-state index contributed by atoms with van der Waals surface area (Å²) >= 11 is 0. The summed E-state index contributed by atoms with van der Waals surface area (Å²) in [4.78, 5) is 15.0. The summed E-state index contributed by atoms with van der Waals surface area (Å²) in [6.07, 6.45) is 0. The second-order valence-electron chi connectivity index (χ2n) is 4.21. The second kappa shape index (κ2) is 4.72. The van der Waals surface area contributed by atoms with Crippen LogP contribution in [-0.4, -0.2) is 24.7 Å². The third kappa shape index (κ3) is 1.94. The SMILES string of the molecule is CCOC(=O)c1[nH]c2c(C)cc(OC)cc2c1C. The smallest absolute Gasteiger partial charge is 0.355 e. The quantitative estimate of drug-likeness (QED) is 0.848. The van der Waals surface area contributed by atoms with E-state index in [2.05, 4.69) is 4.98 Å². The number of esters is 1. The minimum absolute atomic E-state index is 0.315. The molecule has 1 heterocycles. The van der Waals surface area contributed by atoms with Gasteiger partial charge in [0.15, 0.2) is 0 Å². The number of rotatable bonds is 3. The van der Waals surface area contributed by atoms with Gasteiger partial charge in [0.25, 0.3) is 0 Å². The molecule has 0 aliphatic carbocycles. The number of methoxy groups -OCH3 is 1. The predicted molar refractivity (Wildman–Crippen MR) is 70.3 cm³/mol. The number of nitrogens with one attached hydrogen (secondary N) is 1. The van der Waals surface area contributed by atoms with Crippen LogP contribution in [0.3, 0.4) is 0 Å². The van der Waals surface area contributed by atoms with Gasteiger partial charge in [-0.2, -0.15) is 0 Å². The van der Waals surface area contributed by atoms with Gasteiger partial charge < -0.3 is 14.5 Å². The minimum Gasteiger partial charge on any atom is -0.497 e. The van der Waals surface area contributed by atoms with Crippen LogP contribution in [0.1, 0.15) is 28.5 Å². The number of carbonyl (C=O) groups is 1. The molecular formula is C14H17NO3. The van der Waals surface area contributed by atoms with Crippen LogP contribution >= 0.6 is 0 Å². The average molecular weight is 247 g/mol. The first-order valence-electron chi connectivity index (χ1n) is 5.92. The molecule has 0 radical (unpaired) electrons. The molecule has 1 aromatic carbocycles. The first-order chi connectivity index (χ1) is 8.58. The molecule has 2 rings (SSSR count). The van der Waals surface area contributed by atoms with Crippen LogP contribution in [0.2, 0.25) is 0 Å². The zero-order chi connectivity index (χ0) is 13.3. The zero-order valence-electron chi connectivity index (χ0n) is 11.1. The van der Waals surface area contributed by atoms with E-state index in [0.29, 0.717) is 12.3 Å². The molecule has 1 N–H and O–H groups in total. The van der Waals surface area contributed by atoms with Gasteiger partial charge in [-0.1, -0.05) is 0 Å². The third-order valence-electron chi connectivity index (χ3n) is 3.05. The summed E-state index contributed by atoms with van der Waals surface area (Å²) < 4.78 is 10.3. The van der Waals surface area contributed by atoms with Gasteiger partial charge in [-0.05, 0) is 44.0 Å². The molecule has 0 aliphatic heterocycles. The summed E-state index contributed by atoms with van der Waals surface area (Å²) in [6.45, 7) is 6.06. The van der Waals surface area contributed by atoms with Crippen LogP contribution in [0, 0.1) is 13.8 Å². The van der Waals surface area contributed by atoms with E-state index in [1.54, 1.807) is 14.0 Å². The van der Waals surface area contributed by atoms with Crippen molar-refractivity contribution in [2.75, 3.05) is 13.7 Å². The van der Waals surface area contributed by atoms with E-state index >= 15 is 0 Å². The van der Waals surface area contributed by atoms with Crippen LogP contribution in [0.5, 0.6) is 5.75 Å². The number of fused-ring (bicyclic) bond motifs is 1. The van der Waals surface area contributed by atoms with Crippen molar-refractivity contribution >= 4 is 16.9 Å². The van der Waals surface area contributed by atoms with Crippen molar-refractivity contribution in [2.45, 2.75) is 20.8 Å². The van der Waals surface area contributed by atoms with E-state index in [1.807, 2.05) is 26.0 Å². The van der Waals surface area contributed by atoms with Gasteiger partial charge in [-0.3, -0.25) is 0 Å². The standard InChI is InChI=1S/C14H17NO3/c1-5-18-14(16)13-9(3)11-7-10(17-4)6-8(2)12(11)15-13/h6-7,15H,5H2,1-4H3. The summed E-state index contributed by atoms with van der Waals surface area (Å²) in [7, 11) is 1.63. The Hall–Kier alpha value is -1.97. The van der Waals surface area contributed by atoms with Crippen LogP contribution in [-0.2, 0) is 4.74 Å². The molecule has 96 valence electrons. The molecule has 0 saturated carbocycles. The number of hydrogen-bond acceptors (Lipinski definition) is 3. The van der Waals surface area contributed by atoms with Gasteiger partial charge in [0.1, 0.15) is 11.4 Å². The number of aromatic nitrogens is 1.